The topological polar surface area (TPSA) is 64.3 Å². The summed E-state index contributed by atoms with van der Waals surface area (Å²) < 4.78 is 44.6. The molecule has 1 amide bonds. The predicted molar refractivity (Wildman–Crippen MR) is 76.8 cm³/mol. The van der Waals surface area contributed by atoms with Crippen molar-refractivity contribution >= 4 is 6.09 Å². The van der Waals surface area contributed by atoms with Gasteiger partial charge in [-0.2, -0.15) is 0 Å². The van der Waals surface area contributed by atoms with Gasteiger partial charge in [0.2, 0.25) is 0 Å². The molecule has 1 rings (SSSR count). The van der Waals surface area contributed by atoms with Crippen LogP contribution in [0.2, 0.25) is 0 Å². The van der Waals surface area contributed by atoms with Gasteiger partial charge in [0, 0.05) is 18.7 Å². The second kappa shape index (κ2) is 7.49. The van der Waals surface area contributed by atoms with E-state index in [1.807, 2.05) is 0 Å². The Hall–Kier alpha value is -1.76. The lowest BCUT2D eigenvalue weighted by Crippen LogP contribution is -2.43. The van der Waals surface area contributed by atoms with Crippen LogP contribution < -0.4 is 11.1 Å². The normalized spacial score (nSPS) is 12.9. The van der Waals surface area contributed by atoms with E-state index in [-0.39, 0.29) is 24.9 Å². The van der Waals surface area contributed by atoms with Crippen LogP contribution in [0.5, 0.6) is 0 Å². The van der Waals surface area contributed by atoms with Crippen LogP contribution in [0.25, 0.3) is 0 Å². The number of carbonyl (C=O) groups excluding carboxylic acids is 1. The molecular formula is C15H21F3N2O2. The zero-order chi connectivity index (χ0) is 16.9. The first kappa shape index (κ1) is 18.3. The molecule has 1 aromatic carbocycles. The van der Waals surface area contributed by atoms with Crippen LogP contribution in [-0.2, 0) is 11.2 Å². The van der Waals surface area contributed by atoms with Gasteiger partial charge < -0.3 is 15.8 Å². The number of amides is 1. The molecule has 0 heterocycles. The molecule has 1 aromatic rings. The fourth-order valence-electron chi connectivity index (χ4n) is 1.81. The maximum Gasteiger partial charge on any atom is 0.407 e. The quantitative estimate of drug-likeness (QED) is 0.821. The van der Waals surface area contributed by atoms with E-state index in [0.29, 0.717) is 6.07 Å². The summed E-state index contributed by atoms with van der Waals surface area (Å²) in [7, 11) is 0. The number of carbonyl (C=O) groups is 1. The number of hydrogen-bond donors (Lipinski definition) is 2. The van der Waals surface area contributed by atoms with E-state index >= 15 is 0 Å². The summed E-state index contributed by atoms with van der Waals surface area (Å²) in [4.78, 5) is 11.6. The smallest absolute Gasteiger partial charge is 0.407 e. The maximum absolute atomic E-state index is 13.5. The minimum absolute atomic E-state index is 0.0309. The Bertz CT molecular complexity index is 530. The molecule has 124 valence electrons. The van der Waals surface area contributed by atoms with Crippen LogP contribution >= 0.6 is 0 Å². The molecule has 7 heteroatoms. The number of alkyl carbamates (subject to hydrolysis) is 1. The SMILES string of the molecule is CC(C)(C)OC(=O)NC(CN)CCc1cc(F)c(F)cc1F. The van der Waals surface area contributed by atoms with E-state index in [4.69, 9.17) is 10.5 Å². The van der Waals surface area contributed by atoms with Crippen LogP contribution in [0.4, 0.5) is 18.0 Å². The lowest BCUT2D eigenvalue weighted by molar-refractivity contribution is 0.0503. The monoisotopic (exact) mass is 318 g/mol. The van der Waals surface area contributed by atoms with Crippen LogP contribution in [0.15, 0.2) is 12.1 Å². The fraction of sp³-hybridized carbons (Fsp3) is 0.533. The number of aryl methyl sites for hydroxylation is 1. The molecular weight excluding hydrogens is 297 g/mol. The standard InChI is InChI=1S/C15H21F3N2O2/c1-15(2,3)22-14(21)20-10(8-19)5-4-9-6-12(17)13(18)7-11(9)16/h6-7,10H,4-5,8,19H2,1-3H3,(H,20,21). The molecule has 0 aromatic heterocycles. The second-order valence-corrected chi connectivity index (χ2v) is 5.98. The van der Waals surface area contributed by atoms with Gasteiger partial charge in [-0.05, 0) is 45.2 Å². The van der Waals surface area contributed by atoms with Crippen molar-refractivity contribution in [2.75, 3.05) is 6.54 Å². The highest BCUT2D eigenvalue weighted by molar-refractivity contribution is 5.68. The molecule has 3 N–H and O–H groups in total. The lowest BCUT2D eigenvalue weighted by atomic mass is 10.0. The fourth-order valence-corrected chi connectivity index (χ4v) is 1.81. The van der Waals surface area contributed by atoms with Crippen molar-refractivity contribution in [1.82, 2.24) is 5.32 Å². The van der Waals surface area contributed by atoms with Crippen molar-refractivity contribution in [2.24, 2.45) is 5.73 Å². The average molecular weight is 318 g/mol. The zero-order valence-electron chi connectivity index (χ0n) is 12.9. The van der Waals surface area contributed by atoms with Crippen LogP contribution in [0.3, 0.4) is 0 Å². The Balaban J connectivity index is 2.61. The van der Waals surface area contributed by atoms with Gasteiger partial charge in [0.15, 0.2) is 11.6 Å². The number of ether oxygens (including phenoxy) is 1. The van der Waals surface area contributed by atoms with Crippen molar-refractivity contribution in [3.63, 3.8) is 0 Å². The molecule has 0 saturated carbocycles. The summed E-state index contributed by atoms with van der Waals surface area (Å²) in [6, 6.07) is 0.858. The van der Waals surface area contributed by atoms with E-state index < -0.39 is 35.2 Å². The third kappa shape index (κ3) is 5.93. The molecule has 1 unspecified atom stereocenters. The van der Waals surface area contributed by atoms with E-state index in [2.05, 4.69) is 5.32 Å². The maximum atomic E-state index is 13.5. The summed E-state index contributed by atoms with van der Waals surface area (Å²) in [5, 5.41) is 2.56. The van der Waals surface area contributed by atoms with Gasteiger partial charge in [-0.1, -0.05) is 0 Å². The molecule has 22 heavy (non-hydrogen) atoms. The molecule has 0 bridgehead atoms. The third-order valence-electron chi connectivity index (χ3n) is 2.86. The number of hydrogen-bond acceptors (Lipinski definition) is 3. The highest BCUT2D eigenvalue weighted by Gasteiger charge is 2.19. The Morgan fingerprint density at radius 3 is 2.36 bits per heavy atom. The van der Waals surface area contributed by atoms with E-state index in [1.54, 1.807) is 20.8 Å². The van der Waals surface area contributed by atoms with Gasteiger partial charge in [-0.15, -0.1) is 0 Å². The first-order valence-electron chi connectivity index (χ1n) is 6.95. The van der Waals surface area contributed by atoms with Crippen molar-refractivity contribution < 1.29 is 22.7 Å². The highest BCUT2D eigenvalue weighted by Crippen LogP contribution is 2.16. The Labute approximate surface area is 127 Å². The Kier molecular flexibility index (Phi) is 6.22. The molecule has 0 radical (unpaired) electrons. The van der Waals surface area contributed by atoms with Crippen LogP contribution in [0, 0.1) is 17.5 Å². The number of nitrogens with two attached hydrogens (primary N) is 1. The van der Waals surface area contributed by atoms with Crippen molar-refractivity contribution in [3.05, 3.63) is 35.1 Å². The first-order valence-corrected chi connectivity index (χ1v) is 6.95. The number of nitrogens with one attached hydrogen (secondary N) is 1. The third-order valence-corrected chi connectivity index (χ3v) is 2.86. The molecule has 1 atom stereocenters. The molecule has 0 aliphatic rings. The first-order chi connectivity index (χ1) is 10.1. The van der Waals surface area contributed by atoms with Gasteiger partial charge in [0.25, 0.3) is 0 Å². The van der Waals surface area contributed by atoms with E-state index in [1.165, 1.54) is 0 Å². The summed E-state index contributed by atoms with van der Waals surface area (Å²) in [5.74, 6) is -3.17. The zero-order valence-corrected chi connectivity index (χ0v) is 12.9. The van der Waals surface area contributed by atoms with Gasteiger partial charge in [-0.3, -0.25) is 0 Å². The van der Waals surface area contributed by atoms with Crippen molar-refractivity contribution in [1.29, 1.82) is 0 Å². The Morgan fingerprint density at radius 2 is 1.82 bits per heavy atom. The minimum atomic E-state index is -1.23. The molecule has 0 saturated heterocycles. The molecule has 0 spiro atoms. The lowest BCUT2D eigenvalue weighted by Gasteiger charge is -2.23. The largest absolute Gasteiger partial charge is 0.444 e. The van der Waals surface area contributed by atoms with Gasteiger partial charge in [0.1, 0.15) is 11.4 Å². The second-order valence-electron chi connectivity index (χ2n) is 5.98. The predicted octanol–water partition coefficient (Wildman–Crippen LogP) is 2.89. The van der Waals surface area contributed by atoms with Crippen molar-refractivity contribution in [3.8, 4) is 0 Å². The molecule has 0 aliphatic carbocycles. The van der Waals surface area contributed by atoms with Crippen LogP contribution in [-0.4, -0.2) is 24.3 Å². The van der Waals surface area contributed by atoms with Crippen LogP contribution in [0.1, 0.15) is 32.8 Å². The number of halogens is 3. The summed E-state index contributed by atoms with van der Waals surface area (Å²) in [6.45, 7) is 5.28. The van der Waals surface area contributed by atoms with Gasteiger partial charge >= 0.3 is 6.09 Å². The van der Waals surface area contributed by atoms with Gasteiger partial charge in [0.05, 0.1) is 0 Å². The summed E-state index contributed by atoms with van der Waals surface area (Å²) in [6.07, 6.45) is -0.243. The summed E-state index contributed by atoms with van der Waals surface area (Å²) >= 11 is 0. The molecule has 0 aliphatic heterocycles. The number of rotatable bonds is 5. The summed E-state index contributed by atoms with van der Waals surface area (Å²) in [5.41, 5.74) is 4.93. The van der Waals surface area contributed by atoms with Crippen molar-refractivity contribution in [2.45, 2.75) is 45.3 Å². The number of benzene rings is 1. The van der Waals surface area contributed by atoms with E-state index in [9.17, 15) is 18.0 Å². The van der Waals surface area contributed by atoms with Gasteiger partial charge in [-0.25, -0.2) is 18.0 Å². The average Bonchev–Trinajstić information content (AvgIpc) is 2.37. The minimum Gasteiger partial charge on any atom is -0.444 e. The van der Waals surface area contributed by atoms with E-state index in [0.717, 1.165) is 6.07 Å². The molecule has 4 nitrogen and oxygen atoms in total. The molecule has 0 fully saturated rings. The highest BCUT2D eigenvalue weighted by atomic mass is 19.2. The Morgan fingerprint density at radius 1 is 1.23 bits per heavy atom.